The normalized spacial score (nSPS) is 18.7. The lowest BCUT2D eigenvalue weighted by Gasteiger charge is -2.38. The molecule has 0 aliphatic carbocycles. The number of fused-ring (bicyclic) bond motifs is 1. The molecule has 5 heterocycles. The van der Waals surface area contributed by atoms with E-state index in [0.29, 0.717) is 18.0 Å². The smallest absolute Gasteiger partial charge is 0.228 e. The first kappa shape index (κ1) is 21.3. The molecule has 8 heteroatoms. The summed E-state index contributed by atoms with van der Waals surface area (Å²) in [6.07, 6.45) is 8.15. The first-order valence-corrected chi connectivity index (χ1v) is 12.2. The molecule has 0 bridgehead atoms. The van der Waals surface area contributed by atoms with E-state index in [1.54, 1.807) is 6.26 Å². The number of aliphatic hydroxyl groups is 1. The summed E-state index contributed by atoms with van der Waals surface area (Å²) in [6, 6.07) is 14.0. The molecule has 2 aliphatic heterocycles. The Morgan fingerprint density at radius 3 is 2.50 bits per heavy atom. The Morgan fingerprint density at radius 1 is 0.971 bits per heavy atom. The first-order valence-electron chi connectivity index (χ1n) is 12.2. The maximum atomic E-state index is 11.2. The van der Waals surface area contributed by atoms with Gasteiger partial charge in [0.25, 0.3) is 0 Å². The number of aromatic nitrogens is 4. The second-order valence-electron chi connectivity index (χ2n) is 9.59. The zero-order valence-corrected chi connectivity index (χ0v) is 19.3. The van der Waals surface area contributed by atoms with Crippen LogP contribution in [0.15, 0.2) is 59.3 Å². The fourth-order valence-corrected chi connectivity index (χ4v) is 5.18. The molecule has 0 amide bonds. The van der Waals surface area contributed by atoms with Crippen molar-refractivity contribution in [2.75, 3.05) is 31.1 Å². The molecule has 3 aromatic heterocycles. The van der Waals surface area contributed by atoms with Crippen molar-refractivity contribution in [3.8, 4) is 11.6 Å². The highest BCUT2D eigenvalue weighted by atomic mass is 16.3. The summed E-state index contributed by atoms with van der Waals surface area (Å²) in [5, 5.41) is 15.9. The van der Waals surface area contributed by atoms with Crippen LogP contribution in [0, 0.1) is 0 Å². The zero-order valence-electron chi connectivity index (χ0n) is 19.3. The molecule has 176 valence electrons. The lowest BCUT2D eigenvalue weighted by Crippen LogP contribution is -2.45. The summed E-state index contributed by atoms with van der Waals surface area (Å²) >= 11 is 0. The van der Waals surface area contributed by atoms with Crippen LogP contribution >= 0.6 is 0 Å². The molecule has 1 N–H and O–H groups in total. The summed E-state index contributed by atoms with van der Waals surface area (Å²) in [5.41, 5.74) is 2.41. The number of benzene rings is 1. The lowest BCUT2D eigenvalue weighted by atomic mass is 9.85. The van der Waals surface area contributed by atoms with Gasteiger partial charge in [0.2, 0.25) is 11.8 Å². The number of nitrogens with zero attached hydrogens (tertiary/aromatic N) is 6. The van der Waals surface area contributed by atoms with Gasteiger partial charge < -0.3 is 14.4 Å². The van der Waals surface area contributed by atoms with E-state index in [2.05, 4.69) is 21.9 Å². The van der Waals surface area contributed by atoms with Gasteiger partial charge in [-0.25, -0.2) is 9.97 Å². The van der Waals surface area contributed by atoms with Crippen molar-refractivity contribution in [2.24, 2.45) is 0 Å². The predicted octanol–water partition coefficient (Wildman–Crippen LogP) is 3.55. The third-order valence-corrected chi connectivity index (χ3v) is 7.11. The Morgan fingerprint density at radius 2 is 1.76 bits per heavy atom. The Kier molecular flexibility index (Phi) is 5.55. The van der Waals surface area contributed by atoms with Crippen LogP contribution in [0.4, 0.5) is 5.95 Å². The fraction of sp³-hybridized carbons (Fsp3) is 0.423. The SMILES string of the molecule is OC1(Cc2ccccc2)CCN(Cc2cnc(N3CCCC3)n3nc(-c4ccco4)nc23)CC1. The molecule has 0 spiro atoms. The van der Waals surface area contributed by atoms with Crippen molar-refractivity contribution >= 4 is 11.6 Å². The van der Waals surface area contributed by atoms with Gasteiger partial charge in [0, 0.05) is 50.9 Å². The average molecular weight is 459 g/mol. The van der Waals surface area contributed by atoms with E-state index in [0.717, 1.165) is 62.7 Å². The Labute approximate surface area is 198 Å². The van der Waals surface area contributed by atoms with Gasteiger partial charge in [0.15, 0.2) is 11.4 Å². The third-order valence-electron chi connectivity index (χ3n) is 7.11. The first-order chi connectivity index (χ1) is 16.7. The highest BCUT2D eigenvalue weighted by molar-refractivity contribution is 5.58. The van der Waals surface area contributed by atoms with Gasteiger partial charge in [-0.3, -0.25) is 4.90 Å². The van der Waals surface area contributed by atoms with Crippen molar-refractivity contribution in [3.63, 3.8) is 0 Å². The van der Waals surface area contributed by atoms with Gasteiger partial charge in [-0.15, -0.1) is 5.10 Å². The summed E-state index contributed by atoms with van der Waals surface area (Å²) in [5.74, 6) is 2.08. The molecule has 2 aliphatic rings. The van der Waals surface area contributed by atoms with Crippen molar-refractivity contribution in [2.45, 2.75) is 44.2 Å². The topological polar surface area (TPSA) is 82.9 Å². The summed E-state index contributed by atoms with van der Waals surface area (Å²) in [4.78, 5) is 14.3. The van der Waals surface area contributed by atoms with Crippen molar-refractivity contribution in [1.29, 1.82) is 0 Å². The predicted molar refractivity (Wildman–Crippen MR) is 130 cm³/mol. The van der Waals surface area contributed by atoms with Crippen molar-refractivity contribution in [3.05, 3.63) is 66.1 Å². The third kappa shape index (κ3) is 4.19. The molecule has 2 saturated heterocycles. The number of hydrogen-bond donors (Lipinski definition) is 1. The molecule has 2 fully saturated rings. The van der Waals surface area contributed by atoms with Crippen molar-refractivity contribution in [1.82, 2.24) is 24.5 Å². The summed E-state index contributed by atoms with van der Waals surface area (Å²) < 4.78 is 7.45. The minimum atomic E-state index is -0.646. The molecule has 0 unspecified atom stereocenters. The molecule has 6 rings (SSSR count). The molecule has 0 radical (unpaired) electrons. The van der Waals surface area contributed by atoms with Crippen LogP contribution in [0.3, 0.4) is 0 Å². The van der Waals surface area contributed by atoms with Crippen LogP contribution in [-0.4, -0.2) is 61.4 Å². The number of piperidine rings is 1. The van der Waals surface area contributed by atoms with Gasteiger partial charge in [0.05, 0.1) is 11.9 Å². The molecule has 1 aromatic carbocycles. The van der Waals surface area contributed by atoms with Crippen LogP contribution in [0.1, 0.15) is 36.8 Å². The van der Waals surface area contributed by atoms with E-state index in [-0.39, 0.29) is 0 Å². The van der Waals surface area contributed by atoms with E-state index >= 15 is 0 Å². The number of furan rings is 1. The number of anilines is 1. The molecule has 0 saturated carbocycles. The Balaban J connectivity index is 1.23. The lowest BCUT2D eigenvalue weighted by molar-refractivity contribution is -0.0224. The van der Waals surface area contributed by atoms with Crippen LogP contribution in [0.5, 0.6) is 0 Å². The molecule has 0 atom stereocenters. The monoisotopic (exact) mass is 458 g/mol. The van der Waals surface area contributed by atoms with Crippen LogP contribution in [-0.2, 0) is 13.0 Å². The van der Waals surface area contributed by atoms with Gasteiger partial charge in [-0.2, -0.15) is 4.52 Å². The van der Waals surface area contributed by atoms with E-state index in [4.69, 9.17) is 19.5 Å². The van der Waals surface area contributed by atoms with E-state index in [9.17, 15) is 5.11 Å². The molecular formula is C26H30N6O2. The minimum absolute atomic E-state index is 0.579. The molecule has 8 nitrogen and oxygen atoms in total. The van der Waals surface area contributed by atoms with E-state index in [1.807, 2.05) is 41.0 Å². The quantitative estimate of drug-likeness (QED) is 0.473. The van der Waals surface area contributed by atoms with E-state index < -0.39 is 5.60 Å². The summed E-state index contributed by atoms with van der Waals surface area (Å²) in [7, 11) is 0. The Bertz CT molecular complexity index is 1240. The zero-order chi connectivity index (χ0) is 23.0. The highest BCUT2D eigenvalue weighted by Crippen LogP contribution is 2.29. The van der Waals surface area contributed by atoms with Crippen LogP contribution in [0.2, 0.25) is 0 Å². The molecule has 4 aromatic rings. The number of hydrogen-bond acceptors (Lipinski definition) is 7. The molecule has 34 heavy (non-hydrogen) atoms. The second-order valence-corrected chi connectivity index (χ2v) is 9.59. The van der Waals surface area contributed by atoms with Crippen molar-refractivity contribution < 1.29 is 9.52 Å². The van der Waals surface area contributed by atoms with Gasteiger partial charge in [-0.05, 0) is 43.4 Å². The van der Waals surface area contributed by atoms with Crippen LogP contribution in [0.25, 0.3) is 17.2 Å². The number of likely N-dealkylation sites (tertiary alicyclic amines) is 1. The largest absolute Gasteiger partial charge is 0.461 e. The van der Waals surface area contributed by atoms with Gasteiger partial charge >= 0.3 is 0 Å². The van der Waals surface area contributed by atoms with Crippen LogP contribution < -0.4 is 4.90 Å². The van der Waals surface area contributed by atoms with E-state index in [1.165, 1.54) is 18.4 Å². The summed E-state index contributed by atoms with van der Waals surface area (Å²) in [6.45, 7) is 4.38. The van der Waals surface area contributed by atoms with Gasteiger partial charge in [0.1, 0.15) is 0 Å². The maximum Gasteiger partial charge on any atom is 0.228 e. The molecular weight excluding hydrogens is 428 g/mol. The minimum Gasteiger partial charge on any atom is -0.461 e. The Hall–Kier alpha value is -3.23. The average Bonchev–Trinajstić information content (AvgIpc) is 3.62. The maximum absolute atomic E-state index is 11.2. The second kappa shape index (κ2) is 8.85. The number of rotatable bonds is 6. The highest BCUT2D eigenvalue weighted by Gasteiger charge is 2.33. The fourth-order valence-electron chi connectivity index (χ4n) is 5.18. The standard InChI is InChI=1S/C26H30N6O2/c33-26(17-20-7-2-1-3-8-20)10-14-30(15-11-26)19-21-18-27-25(31-12-4-5-13-31)32-24(21)28-23(29-32)22-9-6-16-34-22/h1-3,6-9,16,18,33H,4-5,10-15,17,19H2. The van der Waals surface area contributed by atoms with Gasteiger partial charge in [-0.1, -0.05) is 30.3 Å².